The van der Waals surface area contributed by atoms with Crippen LogP contribution in [0.3, 0.4) is 0 Å². The van der Waals surface area contributed by atoms with Gasteiger partial charge in [-0.1, -0.05) is 24.3 Å². The number of rotatable bonds is 5. The summed E-state index contributed by atoms with van der Waals surface area (Å²) in [5, 5.41) is 3.60. The van der Waals surface area contributed by atoms with Gasteiger partial charge in [0, 0.05) is 12.6 Å². The average Bonchev–Trinajstić information content (AvgIpc) is 2.49. The lowest BCUT2D eigenvalue weighted by atomic mass is 10.0. The number of methoxy groups -OCH3 is 1. The molecule has 0 bridgehead atoms. The van der Waals surface area contributed by atoms with E-state index in [1.54, 1.807) is 7.11 Å². The summed E-state index contributed by atoms with van der Waals surface area (Å²) in [4.78, 5) is 0. The van der Waals surface area contributed by atoms with Crippen LogP contribution in [0.5, 0.6) is 5.75 Å². The smallest absolute Gasteiger partial charge is 0.118 e. The highest BCUT2D eigenvalue weighted by molar-refractivity contribution is 5.36. The van der Waals surface area contributed by atoms with Gasteiger partial charge in [-0.05, 0) is 67.6 Å². The molecule has 2 heteroatoms. The molecule has 0 saturated carbocycles. The first kappa shape index (κ1) is 15.6. The Morgan fingerprint density at radius 3 is 2.19 bits per heavy atom. The monoisotopic (exact) mass is 283 g/mol. The second kappa shape index (κ2) is 6.77. The number of hydrogen-bond donors (Lipinski definition) is 1. The van der Waals surface area contributed by atoms with Gasteiger partial charge in [0.25, 0.3) is 0 Å². The van der Waals surface area contributed by atoms with Crippen molar-refractivity contribution >= 4 is 0 Å². The van der Waals surface area contributed by atoms with E-state index in [0.29, 0.717) is 6.04 Å². The lowest BCUT2D eigenvalue weighted by Gasteiger charge is -2.17. The van der Waals surface area contributed by atoms with Crippen molar-refractivity contribution in [3.8, 4) is 5.75 Å². The Hall–Kier alpha value is -1.80. The van der Waals surface area contributed by atoms with E-state index in [-0.39, 0.29) is 0 Å². The molecule has 0 fully saturated rings. The molecule has 2 rings (SSSR count). The molecule has 0 amide bonds. The van der Waals surface area contributed by atoms with Gasteiger partial charge in [-0.15, -0.1) is 0 Å². The van der Waals surface area contributed by atoms with Crippen molar-refractivity contribution in [1.82, 2.24) is 5.32 Å². The van der Waals surface area contributed by atoms with Gasteiger partial charge < -0.3 is 10.1 Å². The molecule has 0 aliphatic heterocycles. The van der Waals surface area contributed by atoms with E-state index in [4.69, 9.17) is 4.74 Å². The van der Waals surface area contributed by atoms with Crippen LogP contribution >= 0.6 is 0 Å². The van der Waals surface area contributed by atoms with Crippen molar-refractivity contribution in [3.05, 3.63) is 64.2 Å². The molecule has 2 aromatic rings. The number of ether oxygens (including phenoxy) is 1. The SMILES string of the molecule is COc1ccc([C@H](C)NCc2cc(C)c(C)cc2C)cc1. The molecular weight excluding hydrogens is 258 g/mol. The molecule has 0 aromatic heterocycles. The zero-order chi connectivity index (χ0) is 15.4. The van der Waals surface area contributed by atoms with E-state index >= 15 is 0 Å². The highest BCUT2D eigenvalue weighted by atomic mass is 16.5. The van der Waals surface area contributed by atoms with Crippen LogP contribution < -0.4 is 10.1 Å². The van der Waals surface area contributed by atoms with Gasteiger partial charge in [0.2, 0.25) is 0 Å². The molecular formula is C19H25NO. The fraction of sp³-hybridized carbons (Fsp3) is 0.368. The summed E-state index contributed by atoms with van der Waals surface area (Å²) in [7, 11) is 1.69. The average molecular weight is 283 g/mol. The summed E-state index contributed by atoms with van der Waals surface area (Å²) in [6.07, 6.45) is 0. The minimum absolute atomic E-state index is 0.317. The molecule has 2 nitrogen and oxygen atoms in total. The van der Waals surface area contributed by atoms with Crippen LogP contribution in [0.4, 0.5) is 0 Å². The van der Waals surface area contributed by atoms with Crippen LogP contribution in [0, 0.1) is 20.8 Å². The molecule has 0 radical (unpaired) electrons. The molecule has 112 valence electrons. The Labute approximate surface area is 128 Å². The summed E-state index contributed by atoms with van der Waals surface area (Å²) in [6, 6.07) is 13.1. The van der Waals surface area contributed by atoms with Crippen molar-refractivity contribution in [3.63, 3.8) is 0 Å². The molecule has 0 heterocycles. The number of hydrogen-bond acceptors (Lipinski definition) is 2. The lowest BCUT2D eigenvalue weighted by molar-refractivity contribution is 0.414. The van der Waals surface area contributed by atoms with E-state index in [1.807, 2.05) is 12.1 Å². The fourth-order valence-electron chi connectivity index (χ4n) is 2.48. The predicted molar refractivity (Wildman–Crippen MR) is 88.9 cm³/mol. The van der Waals surface area contributed by atoms with Gasteiger partial charge in [-0.3, -0.25) is 0 Å². The summed E-state index contributed by atoms with van der Waals surface area (Å²) < 4.78 is 5.20. The van der Waals surface area contributed by atoms with Crippen molar-refractivity contribution in [2.24, 2.45) is 0 Å². The van der Waals surface area contributed by atoms with E-state index in [9.17, 15) is 0 Å². The maximum absolute atomic E-state index is 5.20. The Bertz CT molecular complexity index is 602. The lowest BCUT2D eigenvalue weighted by Crippen LogP contribution is -2.18. The largest absolute Gasteiger partial charge is 0.497 e. The summed E-state index contributed by atoms with van der Waals surface area (Å²) in [5.74, 6) is 0.899. The number of benzene rings is 2. The summed E-state index contributed by atoms with van der Waals surface area (Å²) in [6.45, 7) is 9.60. The topological polar surface area (TPSA) is 21.3 Å². The first-order valence-electron chi connectivity index (χ1n) is 7.45. The van der Waals surface area contributed by atoms with Crippen LogP contribution in [0.1, 0.15) is 40.8 Å². The van der Waals surface area contributed by atoms with E-state index < -0.39 is 0 Å². The van der Waals surface area contributed by atoms with Gasteiger partial charge >= 0.3 is 0 Å². The Morgan fingerprint density at radius 2 is 1.57 bits per heavy atom. The van der Waals surface area contributed by atoms with E-state index in [2.05, 4.69) is 57.3 Å². The minimum atomic E-state index is 0.317. The van der Waals surface area contributed by atoms with Gasteiger partial charge in [-0.2, -0.15) is 0 Å². The standard InChI is InChI=1S/C19H25NO/c1-13-10-15(3)18(11-14(13)2)12-20-16(4)17-6-8-19(21-5)9-7-17/h6-11,16,20H,12H2,1-5H3/t16-/m0/s1. The van der Waals surface area contributed by atoms with Crippen molar-refractivity contribution in [1.29, 1.82) is 0 Å². The quantitative estimate of drug-likeness (QED) is 0.874. The normalized spacial score (nSPS) is 12.2. The highest BCUT2D eigenvalue weighted by Crippen LogP contribution is 2.19. The Balaban J connectivity index is 2.03. The van der Waals surface area contributed by atoms with Gasteiger partial charge in [0.1, 0.15) is 5.75 Å². The third kappa shape index (κ3) is 3.85. The Kier molecular flexibility index (Phi) is 5.03. The zero-order valence-electron chi connectivity index (χ0n) is 13.7. The molecule has 1 N–H and O–H groups in total. The van der Waals surface area contributed by atoms with Crippen molar-refractivity contribution in [2.75, 3.05) is 7.11 Å². The van der Waals surface area contributed by atoms with Crippen LogP contribution in [0.2, 0.25) is 0 Å². The van der Waals surface area contributed by atoms with Crippen molar-refractivity contribution in [2.45, 2.75) is 40.3 Å². The van der Waals surface area contributed by atoms with Gasteiger partial charge in [0.05, 0.1) is 7.11 Å². The van der Waals surface area contributed by atoms with Crippen molar-refractivity contribution < 1.29 is 4.74 Å². The van der Waals surface area contributed by atoms with E-state index in [1.165, 1.54) is 27.8 Å². The summed E-state index contributed by atoms with van der Waals surface area (Å²) >= 11 is 0. The molecule has 0 unspecified atom stereocenters. The van der Waals surface area contributed by atoms with Crippen LogP contribution in [-0.4, -0.2) is 7.11 Å². The fourth-order valence-corrected chi connectivity index (χ4v) is 2.48. The molecule has 0 saturated heterocycles. The van der Waals surface area contributed by atoms with Crippen LogP contribution in [0.15, 0.2) is 36.4 Å². The van der Waals surface area contributed by atoms with Gasteiger partial charge in [-0.25, -0.2) is 0 Å². The van der Waals surface area contributed by atoms with Crippen LogP contribution in [0.25, 0.3) is 0 Å². The molecule has 0 aliphatic rings. The van der Waals surface area contributed by atoms with E-state index in [0.717, 1.165) is 12.3 Å². The first-order valence-corrected chi connectivity index (χ1v) is 7.45. The summed E-state index contributed by atoms with van der Waals surface area (Å²) in [5.41, 5.74) is 6.72. The molecule has 0 spiro atoms. The minimum Gasteiger partial charge on any atom is -0.497 e. The number of aryl methyl sites for hydroxylation is 3. The molecule has 2 aromatic carbocycles. The maximum Gasteiger partial charge on any atom is 0.118 e. The second-order valence-corrected chi connectivity index (χ2v) is 5.74. The molecule has 1 atom stereocenters. The highest BCUT2D eigenvalue weighted by Gasteiger charge is 2.07. The van der Waals surface area contributed by atoms with Crippen LogP contribution in [-0.2, 0) is 6.54 Å². The molecule has 0 aliphatic carbocycles. The maximum atomic E-state index is 5.20. The zero-order valence-corrected chi connectivity index (χ0v) is 13.7. The molecule has 21 heavy (non-hydrogen) atoms. The predicted octanol–water partition coefficient (Wildman–Crippen LogP) is 4.47. The first-order chi connectivity index (χ1) is 10.0. The second-order valence-electron chi connectivity index (χ2n) is 5.74. The number of nitrogens with one attached hydrogen (secondary N) is 1. The van der Waals surface area contributed by atoms with Gasteiger partial charge in [0.15, 0.2) is 0 Å². The Morgan fingerprint density at radius 1 is 0.952 bits per heavy atom. The third-order valence-corrected chi connectivity index (χ3v) is 4.17. The third-order valence-electron chi connectivity index (χ3n) is 4.17.